The lowest BCUT2D eigenvalue weighted by Crippen LogP contribution is -2.61. The van der Waals surface area contributed by atoms with Crippen molar-refractivity contribution in [1.82, 2.24) is 0 Å². The summed E-state index contributed by atoms with van der Waals surface area (Å²) < 4.78 is 34.1. The number of allylic oxidation sites excluding steroid dienone is 2. The maximum absolute atomic E-state index is 12.9. The molecular formula is C45H84O14. The molecule has 14 heteroatoms. The molecule has 59 heavy (non-hydrogen) atoms. The zero-order valence-electron chi connectivity index (χ0n) is 36.5. The molecule has 0 aromatic rings. The molecule has 2 fully saturated rings. The Morgan fingerprint density at radius 1 is 0.542 bits per heavy atom. The summed E-state index contributed by atoms with van der Waals surface area (Å²) in [5, 5.41) is 71.8. The van der Waals surface area contributed by atoms with E-state index in [0.717, 1.165) is 57.8 Å². The molecule has 0 saturated carbocycles. The molecule has 7 N–H and O–H groups in total. The lowest BCUT2D eigenvalue weighted by Gasteiger charge is -2.42. The fourth-order valence-corrected chi connectivity index (χ4v) is 7.40. The summed E-state index contributed by atoms with van der Waals surface area (Å²) in [5.74, 6) is -0.384. The summed E-state index contributed by atoms with van der Waals surface area (Å²) >= 11 is 0. The van der Waals surface area contributed by atoms with Gasteiger partial charge in [-0.15, -0.1) is 0 Å². The highest BCUT2D eigenvalue weighted by atomic mass is 16.7. The number of ether oxygens (including phenoxy) is 6. The first-order valence-electron chi connectivity index (χ1n) is 23.3. The number of aliphatic hydroxyl groups is 7. The average Bonchev–Trinajstić information content (AvgIpc) is 3.23. The van der Waals surface area contributed by atoms with Crippen LogP contribution in [-0.4, -0.2) is 142 Å². The molecule has 0 aliphatic carbocycles. The summed E-state index contributed by atoms with van der Waals surface area (Å²) in [7, 11) is 0. The Labute approximate surface area is 354 Å². The van der Waals surface area contributed by atoms with Crippen molar-refractivity contribution >= 4 is 5.97 Å². The van der Waals surface area contributed by atoms with Crippen molar-refractivity contribution in [2.45, 2.75) is 235 Å². The molecule has 0 aromatic carbocycles. The van der Waals surface area contributed by atoms with E-state index in [4.69, 9.17) is 28.4 Å². The van der Waals surface area contributed by atoms with Gasteiger partial charge in [-0.2, -0.15) is 0 Å². The highest BCUT2D eigenvalue weighted by Gasteiger charge is 2.47. The second kappa shape index (κ2) is 34.2. The van der Waals surface area contributed by atoms with E-state index in [1.165, 1.54) is 83.5 Å². The monoisotopic (exact) mass is 849 g/mol. The largest absolute Gasteiger partial charge is 0.457 e. The van der Waals surface area contributed by atoms with Gasteiger partial charge in [0.1, 0.15) is 54.9 Å². The minimum atomic E-state index is -1.70. The molecule has 0 aromatic heterocycles. The van der Waals surface area contributed by atoms with Crippen molar-refractivity contribution in [2.24, 2.45) is 0 Å². The van der Waals surface area contributed by atoms with E-state index in [2.05, 4.69) is 26.0 Å². The van der Waals surface area contributed by atoms with Gasteiger partial charge in [0.15, 0.2) is 12.6 Å². The Kier molecular flexibility index (Phi) is 31.3. The maximum atomic E-state index is 12.9. The standard InChI is InChI=1S/C45H84O14/c1-3-5-7-9-11-13-15-16-17-18-19-20-22-24-26-28-37(47)57-34(31-54-29-27-25-23-21-14-12-10-8-6-4-2)32-55-44-43(53)41(51)39(49)36(59-44)33-56-45-42(52)40(50)38(48)35(30-46)58-45/h16-17,34-36,38-46,48-53H,3-15,18-33H2,1-2H3/b17-16-. The molecule has 2 aliphatic rings. The highest BCUT2D eigenvalue weighted by Crippen LogP contribution is 2.26. The van der Waals surface area contributed by atoms with Crippen LogP contribution in [0.15, 0.2) is 12.2 Å². The van der Waals surface area contributed by atoms with Crippen LogP contribution in [0.5, 0.6) is 0 Å². The van der Waals surface area contributed by atoms with E-state index in [9.17, 15) is 40.5 Å². The van der Waals surface area contributed by atoms with Crippen LogP contribution < -0.4 is 0 Å². The van der Waals surface area contributed by atoms with Crippen LogP contribution in [0.4, 0.5) is 0 Å². The Morgan fingerprint density at radius 3 is 1.54 bits per heavy atom. The van der Waals surface area contributed by atoms with Gasteiger partial charge in [0, 0.05) is 13.0 Å². The van der Waals surface area contributed by atoms with Crippen LogP contribution in [0.3, 0.4) is 0 Å². The van der Waals surface area contributed by atoms with Crippen LogP contribution >= 0.6 is 0 Å². The number of unbranched alkanes of at least 4 members (excludes halogenated alkanes) is 20. The summed E-state index contributed by atoms with van der Waals surface area (Å²) in [6, 6.07) is 0. The van der Waals surface area contributed by atoms with Gasteiger partial charge in [0.25, 0.3) is 0 Å². The first-order chi connectivity index (χ1) is 28.6. The van der Waals surface area contributed by atoms with Gasteiger partial charge in [-0.05, 0) is 38.5 Å². The number of hydrogen-bond donors (Lipinski definition) is 7. The van der Waals surface area contributed by atoms with E-state index in [1.807, 2.05) is 0 Å². The average molecular weight is 849 g/mol. The third kappa shape index (κ3) is 23.1. The van der Waals surface area contributed by atoms with Crippen LogP contribution in [0.25, 0.3) is 0 Å². The Balaban J connectivity index is 1.81. The topological polar surface area (TPSA) is 214 Å². The summed E-state index contributed by atoms with van der Waals surface area (Å²) in [6.45, 7) is 3.66. The minimum Gasteiger partial charge on any atom is -0.457 e. The van der Waals surface area contributed by atoms with Crippen LogP contribution in [0, 0.1) is 0 Å². The summed E-state index contributed by atoms with van der Waals surface area (Å²) in [6.07, 6.45) is 15.7. The van der Waals surface area contributed by atoms with E-state index >= 15 is 0 Å². The maximum Gasteiger partial charge on any atom is 0.306 e. The lowest BCUT2D eigenvalue weighted by atomic mass is 9.98. The molecule has 348 valence electrons. The molecule has 0 bridgehead atoms. The normalized spacial score (nSPS) is 28.0. The van der Waals surface area contributed by atoms with Gasteiger partial charge >= 0.3 is 5.97 Å². The number of esters is 1. The molecule has 2 rings (SSSR count). The molecular weight excluding hydrogens is 764 g/mol. The van der Waals surface area contributed by atoms with Gasteiger partial charge < -0.3 is 64.2 Å². The number of carbonyl (C=O) groups excluding carboxylic acids is 1. The van der Waals surface area contributed by atoms with Crippen molar-refractivity contribution in [3.63, 3.8) is 0 Å². The van der Waals surface area contributed by atoms with Crippen molar-refractivity contribution in [3.05, 3.63) is 12.2 Å². The Morgan fingerprint density at radius 2 is 1.00 bits per heavy atom. The molecule has 0 spiro atoms. The van der Waals surface area contributed by atoms with Crippen LogP contribution in [0.1, 0.15) is 168 Å². The smallest absolute Gasteiger partial charge is 0.306 e. The van der Waals surface area contributed by atoms with Gasteiger partial charge in [0.05, 0.1) is 26.4 Å². The molecule has 14 nitrogen and oxygen atoms in total. The van der Waals surface area contributed by atoms with Crippen molar-refractivity contribution < 1.29 is 69.0 Å². The van der Waals surface area contributed by atoms with Gasteiger partial charge in [-0.3, -0.25) is 4.79 Å². The second-order valence-electron chi connectivity index (χ2n) is 16.6. The molecule has 11 atom stereocenters. The summed E-state index contributed by atoms with van der Waals surface area (Å²) in [4.78, 5) is 12.9. The van der Waals surface area contributed by atoms with Gasteiger partial charge in [-0.25, -0.2) is 0 Å². The fourth-order valence-electron chi connectivity index (χ4n) is 7.40. The van der Waals surface area contributed by atoms with Crippen LogP contribution in [0.2, 0.25) is 0 Å². The predicted molar refractivity (Wildman–Crippen MR) is 224 cm³/mol. The SMILES string of the molecule is CCCCCCCC/C=C\CCCCCCCC(=O)OC(COCCCCCCCCCCCC)COC1OC(COC2OC(CO)C(O)C(O)C2O)C(O)C(O)C1O. The molecule has 2 saturated heterocycles. The van der Waals surface area contributed by atoms with Gasteiger partial charge in [0.2, 0.25) is 0 Å². The molecule has 0 radical (unpaired) electrons. The van der Waals surface area contributed by atoms with Crippen molar-refractivity contribution in [2.75, 3.05) is 33.0 Å². The quantitative estimate of drug-likeness (QED) is 0.0235. The minimum absolute atomic E-state index is 0.0627. The highest BCUT2D eigenvalue weighted by molar-refractivity contribution is 5.69. The van der Waals surface area contributed by atoms with Crippen LogP contribution in [-0.2, 0) is 33.2 Å². The van der Waals surface area contributed by atoms with Gasteiger partial charge in [-0.1, -0.05) is 135 Å². The summed E-state index contributed by atoms with van der Waals surface area (Å²) in [5.41, 5.74) is 0. The van der Waals surface area contributed by atoms with Crippen molar-refractivity contribution in [1.29, 1.82) is 0 Å². The lowest BCUT2D eigenvalue weighted by molar-refractivity contribution is -0.332. The molecule has 11 unspecified atom stereocenters. The molecule has 2 heterocycles. The molecule has 0 amide bonds. The Hall–Kier alpha value is -1.27. The Bertz CT molecular complexity index is 1030. The van der Waals surface area contributed by atoms with E-state index < -0.39 is 80.7 Å². The second-order valence-corrected chi connectivity index (χ2v) is 16.6. The zero-order valence-corrected chi connectivity index (χ0v) is 36.5. The number of rotatable bonds is 36. The fraction of sp³-hybridized carbons (Fsp3) is 0.933. The third-order valence-electron chi connectivity index (χ3n) is 11.3. The van der Waals surface area contributed by atoms with E-state index in [0.29, 0.717) is 13.0 Å². The number of hydrogen-bond acceptors (Lipinski definition) is 14. The predicted octanol–water partition coefficient (Wildman–Crippen LogP) is 5.51. The first kappa shape index (κ1) is 53.9. The number of carbonyl (C=O) groups is 1. The molecule has 2 aliphatic heterocycles. The third-order valence-corrected chi connectivity index (χ3v) is 11.3. The first-order valence-corrected chi connectivity index (χ1v) is 23.3. The van der Waals surface area contributed by atoms with E-state index in [1.54, 1.807) is 0 Å². The van der Waals surface area contributed by atoms with E-state index in [-0.39, 0.29) is 25.6 Å². The zero-order chi connectivity index (χ0) is 43.1. The van der Waals surface area contributed by atoms with Crippen molar-refractivity contribution in [3.8, 4) is 0 Å². The number of aliphatic hydroxyl groups excluding tert-OH is 7.